The molecule has 0 aliphatic heterocycles. The van der Waals surface area contributed by atoms with Crippen molar-refractivity contribution in [3.05, 3.63) is 10.6 Å². The molecule has 2 rings (SSSR count). The fourth-order valence-corrected chi connectivity index (χ4v) is 3.20. The van der Waals surface area contributed by atoms with Gasteiger partial charge in [-0.15, -0.1) is 11.3 Å². The van der Waals surface area contributed by atoms with Crippen LogP contribution in [0.2, 0.25) is 0 Å². The van der Waals surface area contributed by atoms with Gasteiger partial charge in [0.2, 0.25) is 0 Å². The van der Waals surface area contributed by atoms with Crippen molar-refractivity contribution in [1.29, 1.82) is 0 Å². The van der Waals surface area contributed by atoms with Gasteiger partial charge in [-0.05, 0) is 31.6 Å². The molecule has 1 saturated carbocycles. The van der Waals surface area contributed by atoms with Gasteiger partial charge in [-0.25, -0.2) is 4.98 Å². The fraction of sp³-hybridized carbons (Fsp3) is 0.769. The van der Waals surface area contributed by atoms with Crippen LogP contribution < -0.4 is 10.6 Å². The molecule has 4 heteroatoms. The van der Waals surface area contributed by atoms with Crippen molar-refractivity contribution >= 4 is 16.5 Å². The molecule has 0 amide bonds. The third kappa shape index (κ3) is 2.99. The van der Waals surface area contributed by atoms with Crippen molar-refractivity contribution in [2.75, 3.05) is 18.0 Å². The zero-order valence-corrected chi connectivity index (χ0v) is 11.9. The summed E-state index contributed by atoms with van der Waals surface area (Å²) >= 11 is 1.78. The molecular formula is C13H23N3S. The van der Waals surface area contributed by atoms with E-state index in [0.717, 1.165) is 12.5 Å². The van der Waals surface area contributed by atoms with Crippen LogP contribution >= 0.6 is 11.3 Å². The van der Waals surface area contributed by atoms with Gasteiger partial charge in [0.25, 0.3) is 0 Å². The summed E-state index contributed by atoms with van der Waals surface area (Å²) in [5, 5.41) is 1.17. The monoisotopic (exact) mass is 253 g/mol. The van der Waals surface area contributed by atoms with Crippen molar-refractivity contribution in [1.82, 2.24) is 4.98 Å². The maximum atomic E-state index is 5.81. The van der Waals surface area contributed by atoms with E-state index in [4.69, 9.17) is 10.7 Å². The predicted molar refractivity (Wildman–Crippen MR) is 74.7 cm³/mol. The second-order valence-electron chi connectivity index (χ2n) is 5.15. The summed E-state index contributed by atoms with van der Waals surface area (Å²) in [6.07, 6.45) is 2.78. The van der Waals surface area contributed by atoms with E-state index in [9.17, 15) is 0 Å². The Morgan fingerprint density at radius 3 is 2.59 bits per heavy atom. The molecule has 1 fully saturated rings. The smallest absolute Gasteiger partial charge is 0.185 e. The third-order valence-corrected chi connectivity index (χ3v) is 4.43. The van der Waals surface area contributed by atoms with Crippen LogP contribution in [0.3, 0.4) is 0 Å². The lowest BCUT2D eigenvalue weighted by atomic mass is 10.1. The van der Waals surface area contributed by atoms with Crippen LogP contribution in [-0.2, 0) is 6.54 Å². The molecule has 2 N–H and O–H groups in total. The number of thiazole rings is 1. The number of hydrogen-bond acceptors (Lipinski definition) is 4. The molecule has 17 heavy (non-hydrogen) atoms. The first kappa shape index (κ1) is 12.8. The maximum absolute atomic E-state index is 5.81. The first-order valence-corrected chi connectivity index (χ1v) is 7.42. The van der Waals surface area contributed by atoms with Gasteiger partial charge in [-0.3, -0.25) is 0 Å². The van der Waals surface area contributed by atoms with Crippen LogP contribution in [0.1, 0.15) is 50.1 Å². The number of nitrogens with two attached hydrogens (primary N) is 1. The summed E-state index contributed by atoms with van der Waals surface area (Å²) < 4.78 is 0. The topological polar surface area (TPSA) is 42.2 Å². The molecule has 0 spiro atoms. The van der Waals surface area contributed by atoms with Gasteiger partial charge in [0.05, 0.1) is 5.69 Å². The van der Waals surface area contributed by atoms with E-state index in [1.165, 1.54) is 35.1 Å². The largest absolute Gasteiger partial charge is 0.348 e. The Kier molecular flexibility index (Phi) is 4.05. The van der Waals surface area contributed by atoms with E-state index in [2.05, 4.69) is 25.7 Å². The first-order chi connectivity index (χ1) is 8.15. The number of anilines is 1. The molecule has 0 unspecified atom stereocenters. The molecule has 0 bridgehead atoms. The van der Waals surface area contributed by atoms with E-state index in [-0.39, 0.29) is 0 Å². The number of hydrogen-bond donors (Lipinski definition) is 1. The molecule has 1 aromatic heterocycles. The first-order valence-electron chi connectivity index (χ1n) is 6.60. The molecule has 1 aromatic rings. The lowest BCUT2D eigenvalue weighted by Crippen LogP contribution is -2.25. The number of nitrogens with zero attached hydrogens (tertiary/aromatic N) is 2. The Balaban J connectivity index is 2.17. The van der Waals surface area contributed by atoms with Crippen molar-refractivity contribution in [3.8, 4) is 0 Å². The van der Waals surface area contributed by atoms with Crippen molar-refractivity contribution in [3.63, 3.8) is 0 Å². The fourth-order valence-electron chi connectivity index (χ4n) is 2.04. The van der Waals surface area contributed by atoms with Gasteiger partial charge >= 0.3 is 0 Å². The summed E-state index contributed by atoms with van der Waals surface area (Å²) in [6, 6.07) is 0. The molecule has 96 valence electrons. The van der Waals surface area contributed by atoms with E-state index >= 15 is 0 Å². The van der Waals surface area contributed by atoms with Crippen LogP contribution in [0.15, 0.2) is 0 Å². The highest BCUT2D eigenvalue weighted by Gasteiger charge is 2.25. The molecule has 1 aliphatic rings. The molecule has 1 heterocycles. The highest BCUT2D eigenvalue weighted by molar-refractivity contribution is 7.15. The zero-order chi connectivity index (χ0) is 12.4. The quantitative estimate of drug-likeness (QED) is 0.847. The maximum Gasteiger partial charge on any atom is 0.185 e. The Labute approximate surface area is 108 Å². The summed E-state index contributed by atoms with van der Waals surface area (Å²) in [7, 11) is 0. The number of aromatic nitrogens is 1. The van der Waals surface area contributed by atoms with Crippen molar-refractivity contribution < 1.29 is 0 Å². The van der Waals surface area contributed by atoms with E-state index in [1.54, 1.807) is 11.3 Å². The standard InChI is InChI=1S/C13H23N3S/c1-4-16(8-10-5-6-10)13-15-12(9(2)3)11(7-14)17-13/h9-10H,4-8,14H2,1-3H3. The molecule has 0 atom stereocenters. The summed E-state index contributed by atoms with van der Waals surface area (Å²) in [5.41, 5.74) is 7.00. The van der Waals surface area contributed by atoms with Crippen LogP contribution in [0.4, 0.5) is 5.13 Å². The van der Waals surface area contributed by atoms with Gasteiger partial charge < -0.3 is 10.6 Å². The molecular weight excluding hydrogens is 230 g/mol. The van der Waals surface area contributed by atoms with Gasteiger partial charge in [0.15, 0.2) is 5.13 Å². The lowest BCUT2D eigenvalue weighted by Gasteiger charge is -2.19. The molecule has 3 nitrogen and oxygen atoms in total. The lowest BCUT2D eigenvalue weighted by molar-refractivity contribution is 0.732. The average Bonchev–Trinajstić information content (AvgIpc) is 3.02. The molecule has 0 saturated heterocycles. The number of rotatable bonds is 6. The highest BCUT2D eigenvalue weighted by Crippen LogP contribution is 2.34. The minimum Gasteiger partial charge on any atom is -0.348 e. The van der Waals surface area contributed by atoms with E-state index in [1.807, 2.05) is 0 Å². The Morgan fingerprint density at radius 1 is 1.47 bits per heavy atom. The summed E-state index contributed by atoms with van der Waals surface area (Å²) in [5.74, 6) is 1.38. The predicted octanol–water partition coefficient (Wildman–Crippen LogP) is 2.96. The normalized spacial score (nSPS) is 15.6. The van der Waals surface area contributed by atoms with Crippen LogP contribution in [0.5, 0.6) is 0 Å². The van der Waals surface area contributed by atoms with E-state index in [0.29, 0.717) is 12.5 Å². The summed E-state index contributed by atoms with van der Waals surface area (Å²) in [6.45, 7) is 9.43. The van der Waals surface area contributed by atoms with Crippen LogP contribution in [-0.4, -0.2) is 18.1 Å². The SMILES string of the molecule is CCN(CC1CC1)c1nc(C(C)C)c(CN)s1. The van der Waals surface area contributed by atoms with Crippen molar-refractivity contribution in [2.45, 2.75) is 46.1 Å². The minimum atomic E-state index is 0.471. The van der Waals surface area contributed by atoms with Crippen LogP contribution in [0.25, 0.3) is 0 Å². The second-order valence-corrected chi connectivity index (χ2v) is 6.21. The zero-order valence-electron chi connectivity index (χ0n) is 11.1. The Morgan fingerprint density at radius 2 is 2.18 bits per heavy atom. The Bertz CT molecular complexity index is 369. The average molecular weight is 253 g/mol. The van der Waals surface area contributed by atoms with Crippen molar-refractivity contribution in [2.24, 2.45) is 11.7 Å². The molecule has 1 aliphatic carbocycles. The Hall–Kier alpha value is -0.610. The second kappa shape index (κ2) is 5.36. The van der Waals surface area contributed by atoms with E-state index < -0.39 is 0 Å². The minimum absolute atomic E-state index is 0.471. The molecule has 0 radical (unpaired) electrons. The highest BCUT2D eigenvalue weighted by atomic mass is 32.1. The summed E-state index contributed by atoms with van der Waals surface area (Å²) in [4.78, 5) is 8.46. The molecule has 0 aromatic carbocycles. The van der Waals surface area contributed by atoms with Gasteiger partial charge in [0.1, 0.15) is 0 Å². The van der Waals surface area contributed by atoms with Gasteiger partial charge in [0, 0.05) is 24.5 Å². The van der Waals surface area contributed by atoms with Gasteiger partial charge in [-0.2, -0.15) is 0 Å². The van der Waals surface area contributed by atoms with Crippen LogP contribution in [0, 0.1) is 5.92 Å². The van der Waals surface area contributed by atoms with Gasteiger partial charge in [-0.1, -0.05) is 13.8 Å². The third-order valence-electron chi connectivity index (χ3n) is 3.28.